The minimum absolute atomic E-state index is 0.117. The van der Waals surface area contributed by atoms with Crippen LogP contribution in [0, 0.1) is 0 Å². The second-order valence-corrected chi connectivity index (χ2v) is 7.34. The highest BCUT2D eigenvalue weighted by molar-refractivity contribution is 5.33. The van der Waals surface area contributed by atoms with Crippen LogP contribution in [0.15, 0.2) is 60.7 Å². The molecule has 160 valence electrons. The molecule has 1 unspecified atom stereocenters. The minimum atomic E-state index is -0.678. The number of benzene rings is 2. The van der Waals surface area contributed by atoms with Gasteiger partial charge in [0.25, 0.3) is 0 Å². The topological polar surface area (TPSA) is 50.7 Å². The fourth-order valence-corrected chi connectivity index (χ4v) is 3.40. The lowest BCUT2D eigenvalue weighted by Gasteiger charge is -2.25. The maximum absolute atomic E-state index is 10.8. The Balaban J connectivity index is 1.63. The van der Waals surface area contributed by atoms with Gasteiger partial charge in [-0.25, -0.2) is 0 Å². The fraction of sp³-hybridized carbons (Fsp3) is 0.520. The van der Waals surface area contributed by atoms with Crippen LogP contribution in [0.1, 0.15) is 56.1 Å². The van der Waals surface area contributed by atoms with Gasteiger partial charge in [-0.1, -0.05) is 93.3 Å². The van der Waals surface area contributed by atoms with Crippen LogP contribution in [0.2, 0.25) is 0 Å². The van der Waals surface area contributed by atoms with Crippen LogP contribution < -0.4 is 5.32 Å². The molecule has 2 rings (SSSR count). The van der Waals surface area contributed by atoms with Crippen LogP contribution in [0.3, 0.4) is 0 Å². The van der Waals surface area contributed by atoms with Gasteiger partial charge in [-0.15, -0.1) is 0 Å². The predicted octanol–water partition coefficient (Wildman–Crippen LogP) is 4.73. The van der Waals surface area contributed by atoms with Crippen molar-refractivity contribution in [3.05, 3.63) is 71.8 Å². The van der Waals surface area contributed by atoms with Crippen molar-refractivity contribution < 1.29 is 14.6 Å². The molecule has 0 aliphatic heterocycles. The number of hydrogen-bond acceptors (Lipinski definition) is 4. The molecule has 2 aromatic rings. The monoisotopic (exact) mass is 399 g/mol. The van der Waals surface area contributed by atoms with E-state index in [0.717, 1.165) is 24.2 Å². The van der Waals surface area contributed by atoms with Gasteiger partial charge in [0, 0.05) is 19.1 Å². The van der Waals surface area contributed by atoms with Crippen molar-refractivity contribution in [2.45, 2.75) is 51.2 Å². The fourth-order valence-electron chi connectivity index (χ4n) is 3.40. The zero-order chi connectivity index (χ0) is 20.6. The van der Waals surface area contributed by atoms with E-state index < -0.39 is 6.23 Å². The van der Waals surface area contributed by atoms with Gasteiger partial charge in [0.15, 0.2) is 0 Å². The Morgan fingerprint density at radius 1 is 0.724 bits per heavy atom. The van der Waals surface area contributed by atoms with Crippen LogP contribution in [-0.2, 0) is 9.47 Å². The Hall–Kier alpha value is -1.72. The number of aliphatic hydroxyl groups is 1. The summed E-state index contributed by atoms with van der Waals surface area (Å²) in [5.74, 6) is -0.117. The van der Waals surface area contributed by atoms with Crippen molar-refractivity contribution in [3.8, 4) is 0 Å². The molecule has 0 bridgehead atoms. The molecular formula is C25H37NO3. The van der Waals surface area contributed by atoms with Crippen LogP contribution in [0.25, 0.3) is 0 Å². The van der Waals surface area contributed by atoms with Crippen LogP contribution in [0.5, 0.6) is 0 Å². The van der Waals surface area contributed by atoms with E-state index in [4.69, 9.17) is 9.47 Å². The summed E-state index contributed by atoms with van der Waals surface area (Å²) >= 11 is 0. The molecule has 0 saturated heterocycles. The third-order valence-electron chi connectivity index (χ3n) is 5.00. The number of ether oxygens (including phenoxy) is 2. The maximum Gasteiger partial charge on any atom is 0.116 e. The summed E-state index contributed by atoms with van der Waals surface area (Å²) in [6, 6.07) is 20.2. The number of rotatable bonds is 16. The first-order valence-corrected chi connectivity index (χ1v) is 11.0. The smallest absolute Gasteiger partial charge is 0.116 e. The summed E-state index contributed by atoms with van der Waals surface area (Å²) in [4.78, 5) is 0. The molecule has 0 saturated carbocycles. The molecule has 0 aliphatic rings. The first kappa shape index (κ1) is 23.6. The lowest BCUT2D eigenvalue weighted by atomic mass is 9.90. The summed E-state index contributed by atoms with van der Waals surface area (Å²) in [6.45, 7) is 5.41. The molecule has 29 heavy (non-hydrogen) atoms. The zero-order valence-corrected chi connectivity index (χ0v) is 17.8. The molecule has 0 amide bonds. The number of aliphatic hydroxyl groups excluding tert-OH is 1. The molecule has 1 atom stereocenters. The van der Waals surface area contributed by atoms with Gasteiger partial charge in [0.05, 0.1) is 19.8 Å². The molecule has 0 aliphatic carbocycles. The zero-order valence-electron chi connectivity index (χ0n) is 17.8. The number of hydrogen-bond donors (Lipinski definition) is 2. The average Bonchev–Trinajstić information content (AvgIpc) is 2.76. The third kappa shape index (κ3) is 9.55. The summed E-state index contributed by atoms with van der Waals surface area (Å²) in [7, 11) is 0. The standard InChI is InChI=1S/C25H37NO3/c1-2-3-4-5-12-18-28-20-21-29-19-17-26-25(27)24(22-13-8-6-9-14-22)23-15-10-7-11-16-23/h6-11,13-16,24-27H,2-5,12,17-21H2,1H3. The van der Waals surface area contributed by atoms with E-state index in [0.29, 0.717) is 26.4 Å². The Bertz CT molecular complexity index is 581. The second kappa shape index (κ2) is 15.2. The van der Waals surface area contributed by atoms with Gasteiger partial charge in [0.1, 0.15) is 6.23 Å². The van der Waals surface area contributed by atoms with Crippen molar-refractivity contribution >= 4 is 0 Å². The first-order valence-electron chi connectivity index (χ1n) is 11.0. The van der Waals surface area contributed by atoms with E-state index in [2.05, 4.69) is 36.5 Å². The second-order valence-electron chi connectivity index (χ2n) is 7.34. The summed E-state index contributed by atoms with van der Waals surface area (Å²) < 4.78 is 11.2. The van der Waals surface area contributed by atoms with E-state index in [9.17, 15) is 5.11 Å². The van der Waals surface area contributed by atoms with Crippen LogP contribution >= 0.6 is 0 Å². The van der Waals surface area contributed by atoms with Gasteiger partial charge >= 0.3 is 0 Å². The SMILES string of the molecule is CCCCCCCOCCOCCNC(O)C(c1ccccc1)c1ccccc1. The molecule has 4 heteroatoms. The molecule has 2 aromatic carbocycles. The lowest BCUT2D eigenvalue weighted by molar-refractivity contribution is 0.0402. The van der Waals surface area contributed by atoms with Crippen molar-refractivity contribution in [1.29, 1.82) is 0 Å². The minimum Gasteiger partial charge on any atom is -0.379 e. The van der Waals surface area contributed by atoms with E-state index in [1.54, 1.807) is 0 Å². The Labute approximate surface area is 176 Å². The summed E-state index contributed by atoms with van der Waals surface area (Å²) in [5.41, 5.74) is 2.18. The number of unbranched alkanes of at least 4 members (excludes halogenated alkanes) is 4. The van der Waals surface area contributed by atoms with Crippen molar-refractivity contribution in [1.82, 2.24) is 5.32 Å². The lowest BCUT2D eigenvalue weighted by Crippen LogP contribution is -2.37. The molecular weight excluding hydrogens is 362 g/mol. The first-order chi connectivity index (χ1) is 14.3. The Morgan fingerprint density at radius 3 is 1.86 bits per heavy atom. The highest BCUT2D eigenvalue weighted by Crippen LogP contribution is 2.26. The highest BCUT2D eigenvalue weighted by atomic mass is 16.5. The Morgan fingerprint density at radius 2 is 1.28 bits per heavy atom. The molecule has 0 fully saturated rings. The Kier molecular flexibility index (Phi) is 12.3. The van der Waals surface area contributed by atoms with E-state index in [1.165, 1.54) is 25.7 Å². The largest absolute Gasteiger partial charge is 0.379 e. The molecule has 0 radical (unpaired) electrons. The quantitative estimate of drug-likeness (QED) is 0.316. The molecule has 0 aromatic heterocycles. The van der Waals surface area contributed by atoms with Gasteiger partial charge in [-0.3, -0.25) is 5.32 Å². The van der Waals surface area contributed by atoms with Crippen molar-refractivity contribution in [3.63, 3.8) is 0 Å². The molecule has 0 heterocycles. The summed E-state index contributed by atoms with van der Waals surface area (Å²) in [5, 5.41) is 14.0. The number of nitrogens with one attached hydrogen (secondary N) is 1. The predicted molar refractivity (Wildman–Crippen MR) is 119 cm³/mol. The van der Waals surface area contributed by atoms with Gasteiger partial charge in [-0.2, -0.15) is 0 Å². The molecule has 2 N–H and O–H groups in total. The van der Waals surface area contributed by atoms with Gasteiger partial charge < -0.3 is 14.6 Å². The van der Waals surface area contributed by atoms with Gasteiger partial charge in [-0.05, 0) is 17.5 Å². The van der Waals surface area contributed by atoms with E-state index in [1.807, 2.05) is 36.4 Å². The van der Waals surface area contributed by atoms with E-state index in [-0.39, 0.29) is 5.92 Å². The van der Waals surface area contributed by atoms with Crippen molar-refractivity contribution in [2.75, 3.05) is 33.0 Å². The van der Waals surface area contributed by atoms with Crippen LogP contribution in [-0.4, -0.2) is 44.3 Å². The maximum atomic E-state index is 10.8. The van der Waals surface area contributed by atoms with Gasteiger partial charge in [0.2, 0.25) is 0 Å². The van der Waals surface area contributed by atoms with Crippen molar-refractivity contribution in [2.24, 2.45) is 0 Å². The highest BCUT2D eigenvalue weighted by Gasteiger charge is 2.22. The van der Waals surface area contributed by atoms with E-state index >= 15 is 0 Å². The normalized spacial score (nSPS) is 12.4. The third-order valence-corrected chi connectivity index (χ3v) is 5.00. The van der Waals surface area contributed by atoms with Crippen LogP contribution in [0.4, 0.5) is 0 Å². The summed E-state index contributed by atoms with van der Waals surface area (Å²) in [6.07, 6.45) is 5.60. The average molecular weight is 400 g/mol. The molecule has 4 nitrogen and oxygen atoms in total. The molecule has 0 spiro atoms.